The highest BCUT2D eigenvalue weighted by atomic mass is 16.2. The van der Waals surface area contributed by atoms with E-state index in [9.17, 15) is 0 Å². The molecule has 1 saturated carbocycles. The van der Waals surface area contributed by atoms with E-state index in [0.717, 1.165) is 12.5 Å². The molecule has 0 aliphatic heterocycles. The minimum atomic E-state index is 0.345. The number of aliphatic hydroxyl groups is 1. The second-order valence-corrected chi connectivity index (χ2v) is 5.34. The van der Waals surface area contributed by atoms with Crippen molar-refractivity contribution in [2.45, 2.75) is 70.4 Å². The van der Waals surface area contributed by atoms with Crippen LogP contribution >= 0.6 is 0 Å². The molecular formula is C14H30N2O. The Morgan fingerprint density at radius 3 is 2.29 bits per heavy atom. The molecule has 17 heavy (non-hydrogen) atoms. The minimum Gasteiger partial charge on any atom is -0.396 e. The van der Waals surface area contributed by atoms with Crippen molar-refractivity contribution < 1.29 is 5.11 Å². The van der Waals surface area contributed by atoms with Crippen LogP contribution in [0.1, 0.15) is 58.3 Å². The fraction of sp³-hybridized carbons (Fsp3) is 1.00. The molecule has 1 rings (SSSR count). The zero-order chi connectivity index (χ0) is 12.5. The second-order valence-electron chi connectivity index (χ2n) is 5.34. The summed E-state index contributed by atoms with van der Waals surface area (Å²) in [5, 5.41) is 8.73. The molecule has 1 aliphatic carbocycles. The van der Waals surface area contributed by atoms with Crippen LogP contribution in [0.4, 0.5) is 0 Å². The Kier molecular flexibility index (Phi) is 7.82. The van der Waals surface area contributed by atoms with Crippen LogP contribution in [0, 0.1) is 0 Å². The van der Waals surface area contributed by atoms with E-state index < -0.39 is 0 Å². The van der Waals surface area contributed by atoms with Crippen LogP contribution in [-0.4, -0.2) is 41.8 Å². The molecule has 3 heteroatoms. The van der Waals surface area contributed by atoms with Gasteiger partial charge in [-0.1, -0.05) is 19.8 Å². The van der Waals surface area contributed by atoms with Crippen molar-refractivity contribution in [3.63, 3.8) is 0 Å². The van der Waals surface area contributed by atoms with Gasteiger partial charge in [-0.05, 0) is 51.6 Å². The average Bonchev–Trinajstić information content (AvgIpc) is 2.35. The Morgan fingerprint density at radius 1 is 1.06 bits per heavy atom. The summed E-state index contributed by atoms with van der Waals surface area (Å²) in [6, 6.07) is 1.23. The molecule has 3 nitrogen and oxygen atoms in total. The van der Waals surface area contributed by atoms with Crippen LogP contribution in [-0.2, 0) is 0 Å². The molecule has 0 aromatic heterocycles. The van der Waals surface area contributed by atoms with Crippen molar-refractivity contribution in [3.8, 4) is 0 Å². The lowest BCUT2D eigenvalue weighted by atomic mass is 9.90. The van der Waals surface area contributed by atoms with Crippen molar-refractivity contribution in [2.24, 2.45) is 5.73 Å². The number of nitrogens with zero attached hydrogens (tertiary/aromatic N) is 1. The van der Waals surface area contributed by atoms with Gasteiger partial charge in [0, 0.05) is 18.7 Å². The summed E-state index contributed by atoms with van der Waals surface area (Å²) in [4.78, 5) is 2.63. The molecule has 1 aliphatic rings. The van der Waals surface area contributed by atoms with Gasteiger partial charge < -0.3 is 15.7 Å². The van der Waals surface area contributed by atoms with Crippen LogP contribution in [0.25, 0.3) is 0 Å². The summed E-state index contributed by atoms with van der Waals surface area (Å²) in [6.07, 6.45) is 9.63. The van der Waals surface area contributed by atoms with Gasteiger partial charge in [-0.2, -0.15) is 0 Å². The number of hydrogen-bond donors (Lipinski definition) is 2. The predicted octanol–water partition coefficient (Wildman–Crippen LogP) is 2.13. The van der Waals surface area contributed by atoms with E-state index in [-0.39, 0.29) is 0 Å². The molecule has 0 saturated heterocycles. The molecule has 102 valence electrons. The van der Waals surface area contributed by atoms with E-state index >= 15 is 0 Å². The van der Waals surface area contributed by atoms with Crippen LogP contribution in [0.15, 0.2) is 0 Å². The molecule has 3 N–H and O–H groups in total. The minimum absolute atomic E-state index is 0.345. The first-order valence-electron chi connectivity index (χ1n) is 7.38. The number of unbranched alkanes of at least 4 members (excludes halogenated alkanes) is 3. The largest absolute Gasteiger partial charge is 0.396 e. The molecule has 0 heterocycles. The number of hydrogen-bond acceptors (Lipinski definition) is 3. The fourth-order valence-electron chi connectivity index (χ4n) is 2.85. The van der Waals surface area contributed by atoms with E-state index in [0.29, 0.717) is 12.6 Å². The summed E-state index contributed by atoms with van der Waals surface area (Å²) in [5.74, 6) is 0. The van der Waals surface area contributed by atoms with Crippen molar-refractivity contribution in [1.29, 1.82) is 0 Å². The van der Waals surface area contributed by atoms with Crippen LogP contribution in [0.5, 0.6) is 0 Å². The first-order valence-corrected chi connectivity index (χ1v) is 7.38. The molecule has 0 atom stereocenters. The average molecular weight is 242 g/mol. The summed E-state index contributed by atoms with van der Waals surface area (Å²) in [5.41, 5.74) is 5.95. The first kappa shape index (κ1) is 14.9. The van der Waals surface area contributed by atoms with E-state index in [1.807, 2.05) is 0 Å². The summed E-state index contributed by atoms with van der Waals surface area (Å²) >= 11 is 0. The Hall–Kier alpha value is -0.120. The molecule has 0 aromatic carbocycles. The highest BCUT2D eigenvalue weighted by Gasteiger charge is 2.22. The predicted molar refractivity (Wildman–Crippen MR) is 73.0 cm³/mol. The summed E-state index contributed by atoms with van der Waals surface area (Å²) in [6.45, 7) is 5.00. The molecule has 1 fully saturated rings. The third kappa shape index (κ3) is 5.84. The lowest BCUT2D eigenvalue weighted by Crippen LogP contribution is -2.41. The van der Waals surface area contributed by atoms with Gasteiger partial charge >= 0.3 is 0 Å². The van der Waals surface area contributed by atoms with E-state index in [1.165, 1.54) is 58.0 Å². The Labute approximate surface area is 106 Å². The lowest BCUT2D eigenvalue weighted by Gasteiger charge is -2.35. The third-order valence-corrected chi connectivity index (χ3v) is 4.02. The van der Waals surface area contributed by atoms with Gasteiger partial charge in [0.25, 0.3) is 0 Å². The molecular weight excluding hydrogens is 212 g/mol. The fourth-order valence-corrected chi connectivity index (χ4v) is 2.85. The normalized spacial score (nSPS) is 25.4. The maximum absolute atomic E-state index is 8.73. The molecule has 0 radical (unpaired) electrons. The van der Waals surface area contributed by atoms with Gasteiger partial charge in [-0.15, -0.1) is 0 Å². The summed E-state index contributed by atoms with van der Waals surface area (Å²) < 4.78 is 0. The monoisotopic (exact) mass is 242 g/mol. The topological polar surface area (TPSA) is 49.5 Å². The molecule has 0 aromatic rings. The van der Waals surface area contributed by atoms with Crippen molar-refractivity contribution in [3.05, 3.63) is 0 Å². The zero-order valence-corrected chi connectivity index (χ0v) is 11.4. The van der Waals surface area contributed by atoms with Crippen LogP contribution < -0.4 is 5.73 Å². The number of nitrogens with two attached hydrogens (primary N) is 1. The Balaban J connectivity index is 2.14. The van der Waals surface area contributed by atoms with Crippen molar-refractivity contribution in [1.82, 2.24) is 4.90 Å². The van der Waals surface area contributed by atoms with E-state index in [1.54, 1.807) is 0 Å². The molecule has 0 unspecified atom stereocenters. The molecule has 0 bridgehead atoms. The molecule has 0 spiro atoms. The Bertz CT molecular complexity index is 179. The lowest BCUT2D eigenvalue weighted by molar-refractivity contribution is 0.153. The highest BCUT2D eigenvalue weighted by molar-refractivity contribution is 4.80. The van der Waals surface area contributed by atoms with Gasteiger partial charge in [0.1, 0.15) is 0 Å². The van der Waals surface area contributed by atoms with Crippen LogP contribution in [0.2, 0.25) is 0 Å². The van der Waals surface area contributed by atoms with Gasteiger partial charge in [-0.25, -0.2) is 0 Å². The summed E-state index contributed by atoms with van der Waals surface area (Å²) in [7, 11) is 0. The SMILES string of the molecule is CCN(CCCCCCO)C1CCC(N)CC1. The number of rotatable bonds is 8. The smallest absolute Gasteiger partial charge is 0.0431 e. The van der Waals surface area contributed by atoms with Crippen molar-refractivity contribution in [2.75, 3.05) is 19.7 Å². The standard InChI is InChI=1S/C14H30N2O/c1-2-16(11-5-3-4-6-12-17)14-9-7-13(15)8-10-14/h13-14,17H,2-12,15H2,1H3. The zero-order valence-electron chi connectivity index (χ0n) is 11.4. The maximum atomic E-state index is 8.73. The van der Waals surface area contributed by atoms with Gasteiger partial charge in [0.2, 0.25) is 0 Å². The van der Waals surface area contributed by atoms with Gasteiger partial charge in [-0.3, -0.25) is 0 Å². The van der Waals surface area contributed by atoms with Gasteiger partial charge in [0.05, 0.1) is 0 Å². The Morgan fingerprint density at radius 2 is 1.71 bits per heavy atom. The maximum Gasteiger partial charge on any atom is 0.0431 e. The first-order chi connectivity index (χ1) is 8.27. The molecule has 0 amide bonds. The van der Waals surface area contributed by atoms with E-state index in [4.69, 9.17) is 10.8 Å². The third-order valence-electron chi connectivity index (χ3n) is 4.02. The second kappa shape index (κ2) is 8.90. The van der Waals surface area contributed by atoms with Crippen molar-refractivity contribution >= 4 is 0 Å². The van der Waals surface area contributed by atoms with Gasteiger partial charge in [0.15, 0.2) is 0 Å². The quantitative estimate of drug-likeness (QED) is 0.641. The van der Waals surface area contributed by atoms with Crippen LogP contribution in [0.3, 0.4) is 0 Å². The number of aliphatic hydroxyl groups excluding tert-OH is 1. The highest BCUT2D eigenvalue weighted by Crippen LogP contribution is 2.22. The van der Waals surface area contributed by atoms with E-state index in [2.05, 4.69) is 11.8 Å².